The topological polar surface area (TPSA) is 58.6 Å². The number of ether oxygens (including phenoxy) is 1. The molecule has 0 radical (unpaired) electrons. The summed E-state index contributed by atoms with van der Waals surface area (Å²) in [5.41, 5.74) is 1.23. The molecular weight excluding hydrogens is 367 g/mol. The van der Waals surface area contributed by atoms with Gasteiger partial charge in [-0.1, -0.05) is 12.1 Å². The van der Waals surface area contributed by atoms with Crippen molar-refractivity contribution < 1.29 is 18.7 Å². The Morgan fingerprint density at radius 3 is 2.74 bits per heavy atom. The van der Waals surface area contributed by atoms with Crippen LogP contribution in [-0.4, -0.2) is 41.5 Å². The van der Waals surface area contributed by atoms with Crippen LogP contribution in [0.4, 0.5) is 10.1 Å². The van der Waals surface area contributed by atoms with E-state index in [-0.39, 0.29) is 17.6 Å². The van der Waals surface area contributed by atoms with Crippen molar-refractivity contribution in [3.05, 3.63) is 66.0 Å². The summed E-state index contributed by atoms with van der Waals surface area (Å²) in [4.78, 5) is 26.6. The third-order valence-electron chi connectivity index (χ3n) is 4.09. The molecule has 2 aromatic carbocycles. The molecule has 27 heavy (non-hydrogen) atoms. The van der Waals surface area contributed by atoms with E-state index in [1.807, 2.05) is 0 Å². The highest BCUT2D eigenvalue weighted by Crippen LogP contribution is 2.23. The number of methoxy groups -OCH3 is 1. The zero-order chi connectivity index (χ0) is 19.2. The zero-order valence-corrected chi connectivity index (χ0v) is 15.5. The van der Waals surface area contributed by atoms with E-state index in [0.717, 1.165) is 0 Å². The maximum absolute atomic E-state index is 13.2. The van der Waals surface area contributed by atoms with Crippen LogP contribution in [0.25, 0.3) is 6.08 Å². The van der Waals surface area contributed by atoms with Crippen LogP contribution in [0.1, 0.15) is 5.56 Å². The van der Waals surface area contributed by atoms with Gasteiger partial charge < -0.3 is 15.0 Å². The van der Waals surface area contributed by atoms with Gasteiger partial charge in [0.05, 0.1) is 13.0 Å². The second kappa shape index (κ2) is 8.73. The Hall–Kier alpha value is -2.80. The highest BCUT2D eigenvalue weighted by atomic mass is 32.2. The molecule has 1 fully saturated rings. The second-order valence-corrected chi connectivity index (χ2v) is 6.93. The summed E-state index contributed by atoms with van der Waals surface area (Å²) < 4.78 is 18.3. The van der Waals surface area contributed by atoms with Crippen LogP contribution < -0.4 is 10.1 Å². The molecule has 1 aliphatic heterocycles. The summed E-state index contributed by atoms with van der Waals surface area (Å²) in [5, 5.41) is 2.83. The van der Waals surface area contributed by atoms with Crippen LogP contribution in [0, 0.1) is 5.82 Å². The number of hydrogen-bond donors (Lipinski definition) is 1. The van der Waals surface area contributed by atoms with E-state index in [2.05, 4.69) is 5.32 Å². The Bertz CT molecular complexity index is 855. The molecule has 2 amide bonds. The molecule has 5 nitrogen and oxygen atoms in total. The van der Waals surface area contributed by atoms with Gasteiger partial charge in [0.25, 0.3) is 0 Å². The van der Waals surface area contributed by atoms with E-state index in [9.17, 15) is 14.0 Å². The fraction of sp³-hybridized carbons (Fsp3) is 0.200. The molecule has 0 saturated carbocycles. The molecule has 1 aliphatic rings. The number of hydrogen-bond acceptors (Lipinski definition) is 4. The molecule has 140 valence electrons. The van der Waals surface area contributed by atoms with Gasteiger partial charge in [-0.3, -0.25) is 9.59 Å². The predicted octanol–water partition coefficient (Wildman–Crippen LogP) is 3.39. The second-order valence-electron chi connectivity index (χ2n) is 5.93. The first-order chi connectivity index (χ1) is 13.1. The van der Waals surface area contributed by atoms with Crippen molar-refractivity contribution in [2.75, 3.05) is 24.1 Å². The zero-order valence-electron chi connectivity index (χ0n) is 14.7. The molecule has 1 unspecified atom stereocenters. The number of benzene rings is 2. The Morgan fingerprint density at radius 1 is 1.26 bits per heavy atom. The van der Waals surface area contributed by atoms with Crippen molar-refractivity contribution >= 4 is 35.3 Å². The van der Waals surface area contributed by atoms with Gasteiger partial charge in [-0.2, -0.15) is 0 Å². The molecule has 1 heterocycles. The third kappa shape index (κ3) is 4.89. The van der Waals surface area contributed by atoms with Crippen molar-refractivity contribution in [3.8, 4) is 5.75 Å². The van der Waals surface area contributed by atoms with Gasteiger partial charge in [0.1, 0.15) is 17.6 Å². The summed E-state index contributed by atoms with van der Waals surface area (Å²) in [6.45, 7) is 0. The first kappa shape index (κ1) is 19.0. The lowest BCUT2D eigenvalue weighted by Gasteiger charge is -2.21. The van der Waals surface area contributed by atoms with Gasteiger partial charge in [-0.25, -0.2) is 4.39 Å². The fourth-order valence-electron chi connectivity index (χ4n) is 2.65. The van der Waals surface area contributed by atoms with E-state index in [0.29, 0.717) is 28.6 Å². The highest BCUT2D eigenvalue weighted by molar-refractivity contribution is 7.99. The van der Waals surface area contributed by atoms with Gasteiger partial charge in [0.2, 0.25) is 11.8 Å². The SMILES string of the molecule is COc1ccc(NC(=O)C2CSCN2C(=O)C=Cc2cccc(F)c2)cc1. The van der Waals surface area contributed by atoms with Crippen LogP contribution in [0.15, 0.2) is 54.6 Å². The Labute approximate surface area is 161 Å². The summed E-state index contributed by atoms with van der Waals surface area (Å²) in [5.74, 6) is 0.785. The van der Waals surface area contributed by atoms with Crippen molar-refractivity contribution in [1.29, 1.82) is 0 Å². The normalized spacial score (nSPS) is 16.5. The van der Waals surface area contributed by atoms with Crippen LogP contribution >= 0.6 is 11.8 Å². The van der Waals surface area contributed by atoms with Gasteiger partial charge in [-0.05, 0) is 48.0 Å². The van der Waals surface area contributed by atoms with Crippen molar-refractivity contribution in [2.24, 2.45) is 0 Å². The highest BCUT2D eigenvalue weighted by Gasteiger charge is 2.33. The van der Waals surface area contributed by atoms with Crippen molar-refractivity contribution in [2.45, 2.75) is 6.04 Å². The number of halogens is 1. The minimum atomic E-state index is -0.554. The van der Waals surface area contributed by atoms with E-state index in [4.69, 9.17) is 4.74 Å². The monoisotopic (exact) mass is 386 g/mol. The Balaban J connectivity index is 1.64. The molecule has 2 aromatic rings. The molecule has 1 atom stereocenters. The van der Waals surface area contributed by atoms with Gasteiger partial charge in [0.15, 0.2) is 0 Å². The number of carbonyl (C=O) groups is 2. The van der Waals surface area contributed by atoms with Crippen molar-refractivity contribution in [1.82, 2.24) is 4.90 Å². The number of nitrogens with zero attached hydrogens (tertiary/aromatic N) is 1. The first-order valence-corrected chi connectivity index (χ1v) is 9.49. The van der Waals surface area contributed by atoms with Crippen molar-refractivity contribution in [3.63, 3.8) is 0 Å². The predicted molar refractivity (Wildman–Crippen MR) is 105 cm³/mol. The quantitative estimate of drug-likeness (QED) is 0.801. The molecule has 0 bridgehead atoms. The Morgan fingerprint density at radius 2 is 2.04 bits per heavy atom. The largest absolute Gasteiger partial charge is 0.497 e. The van der Waals surface area contributed by atoms with E-state index < -0.39 is 6.04 Å². The van der Waals surface area contributed by atoms with Crippen LogP contribution in [0.3, 0.4) is 0 Å². The number of thioether (sulfide) groups is 1. The summed E-state index contributed by atoms with van der Waals surface area (Å²) >= 11 is 1.52. The van der Waals surface area contributed by atoms with Gasteiger partial charge >= 0.3 is 0 Å². The number of amides is 2. The van der Waals surface area contributed by atoms with Gasteiger partial charge in [0, 0.05) is 17.5 Å². The summed E-state index contributed by atoms with van der Waals surface area (Å²) in [6, 6.07) is 12.4. The first-order valence-electron chi connectivity index (χ1n) is 8.34. The number of rotatable bonds is 5. The van der Waals surface area contributed by atoms with E-state index >= 15 is 0 Å². The number of nitrogens with one attached hydrogen (secondary N) is 1. The molecule has 1 saturated heterocycles. The lowest BCUT2D eigenvalue weighted by molar-refractivity contribution is -0.132. The standard InChI is InChI=1S/C20H19FN2O3S/c1-26-17-8-6-16(7-9-17)22-20(25)18-12-27-13-23(18)19(24)10-5-14-3-2-4-15(21)11-14/h2-11,18H,12-13H2,1H3,(H,22,25). The average Bonchev–Trinajstić information content (AvgIpc) is 3.17. The average molecular weight is 386 g/mol. The van der Waals surface area contributed by atoms with Gasteiger partial charge in [-0.15, -0.1) is 11.8 Å². The Kier molecular flexibility index (Phi) is 6.13. The lowest BCUT2D eigenvalue weighted by Crippen LogP contribution is -2.43. The summed E-state index contributed by atoms with van der Waals surface area (Å²) in [7, 11) is 1.57. The molecule has 3 rings (SSSR count). The fourth-order valence-corrected chi connectivity index (χ4v) is 3.81. The van der Waals surface area contributed by atoms with Crippen LogP contribution in [0.5, 0.6) is 5.75 Å². The molecule has 1 N–H and O–H groups in total. The molecule has 7 heteroatoms. The van der Waals surface area contributed by atoms with E-state index in [1.165, 1.54) is 34.9 Å². The lowest BCUT2D eigenvalue weighted by atomic mass is 10.2. The number of anilines is 1. The minimum absolute atomic E-state index is 0.238. The minimum Gasteiger partial charge on any atom is -0.497 e. The molecule has 0 aliphatic carbocycles. The maximum Gasteiger partial charge on any atom is 0.248 e. The molecule has 0 aromatic heterocycles. The number of carbonyl (C=O) groups excluding carboxylic acids is 2. The van der Waals surface area contributed by atoms with E-state index in [1.54, 1.807) is 49.6 Å². The maximum atomic E-state index is 13.2. The molecule has 0 spiro atoms. The summed E-state index contributed by atoms with van der Waals surface area (Å²) in [6.07, 6.45) is 2.92. The van der Waals surface area contributed by atoms with Crippen LogP contribution in [-0.2, 0) is 9.59 Å². The third-order valence-corrected chi connectivity index (χ3v) is 5.10. The van der Waals surface area contributed by atoms with Crippen LogP contribution in [0.2, 0.25) is 0 Å². The molecular formula is C20H19FN2O3S. The smallest absolute Gasteiger partial charge is 0.248 e.